The molecule has 0 aliphatic carbocycles. The molecular weight excluding hydrogens is 228 g/mol. The van der Waals surface area contributed by atoms with E-state index in [0.29, 0.717) is 0 Å². The predicted molar refractivity (Wildman–Crippen MR) is 72.4 cm³/mol. The second-order valence-corrected chi connectivity index (χ2v) is 5.50. The normalized spacial score (nSPS) is 14.9. The molecule has 0 heterocycles. The Labute approximate surface area is 108 Å². The molecule has 0 radical (unpaired) electrons. The summed E-state index contributed by atoms with van der Waals surface area (Å²) < 4.78 is 0. The maximum absolute atomic E-state index is 11.4. The van der Waals surface area contributed by atoms with Gasteiger partial charge in [-0.1, -0.05) is 30.3 Å². The third-order valence-electron chi connectivity index (χ3n) is 3.04. The number of nitrogens with zero attached hydrogens (tertiary/aromatic N) is 1. The van der Waals surface area contributed by atoms with Crippen molar-refractivity contribution in [3.05, 3.63) is 35.9 Å². The zero-order valence-corrected chi connectivity index (χ0v) is 11.4. The SMILES string of the molecule is C[C@H](C(N)c1ccccc1)N(C(=O)O)C(C)(C)C. The molecule has 1 amide bonds. The van der Waals surface area contributed by atoms with E-state index in [2.05, 4.69) is 0 Å². The molecule has 1 aromatic carbocycles. The van der Waals surface area contributed by atoms with Crippen molar-refractivity contribution in [2.75, 3.05) is 0 Å². The van der Waals surface area contributed by atoms with E-state index in [9.17, 15) is 9.90 Å². The van der Waals surface area contributed by atoms with Gasteiger partial charge in [0.25, 0.3) is 0 Å². The molecule has 1 aromatic rings. The van der Waals surface area contributed by atoms with Crippen LogP contribution >= 0.6 is 0 Å². The number of benzene rings is 1. The van der Waals surface area contributed by atoms with Crippen LogP contribution in [0.4, 0.5) is 4.79 Å². The highest BCUT2D eigenvalue weighted by Crippen LogP contribution is 2.25. The largest absolute Gasteiger partial charge is 0.465 e. The summed E-state index contributed by atoms with van der Waals surface area (Å²) in [5.41, 5.74) is 6.64. The lowest BCUT2D eigenvalue weighted by molar-refractivity contribution is 0.0671. The van der Waals surface area contributed by atoms with Gasteiger partial charge in [0, 0.05) is 5.54 Å². The highest BCUT2D eigenvalue weighted by Gasteiger charge is 2.34. The molecule has 0 bridgehead atoms. The molecule has 4 nitrogen and oxygen atoms in total. The maximum Gasteiger partial charge on any atom is 0.408 e. The fraction of sp³-hybridized carbons (Fsp3) is 0.500. The zero-order valence-electron chi connectivity index (χ0n) is 11.4. The first-order valence-corrected chi connectivity index (χ1v) is 6.08. The standard InChI is InChI=1S/C14H22N2O2/c1-10(16(13(17)18)14(2,3)4)12(15)11-8-6-5-7-9-11/h5-10,12H,15H2,1-4H3,(H,17,18)/t10-,12?/m1/s1. The third kappa shape index (κ3) is 3.23. The number of carboxylic acid groups (broad SMARTS) is 1. The predicted octanol–water partition coefficient (Wildman–Crippen LogP) is 2.85. The van der Waals surface area contributed by atoms with E-state index in [1.165, 1.54) is 4.90 Å². The minimum atomic E-state index is -0.943. The van der Waals surface area contributed by atoms with Crippen molar-refractivity contribution in [3.8, 4) is 0 Å². The van der Waals surface area contributed by atoms with Crippen LogP contribution in [-0.4, -0.2) is 27.7 Å². The summed E-state index contributed by atoms with van der Waals surface area (Å²) in [6.45, 7) is 7.46. The number of hydrogen-bond donors (Lipinski definition) is 2. The summed E-state index contributed by atoms with van der Waals surface area (Å²) in [7, 11) is 0. The molecule has 100 valence electrons. The van der Waals surface area contributed by atoms with Gasteiger partial charge in [-0.25, -0.2) is 4.79 Å². The molecule has 4 heteroatoms. The average Bonchev–Trinajstić information content (AvgIpc) is 2.26. The van der Waals surface area contributed by atoms with Crippen LogP contribution < -0.4 is 5.73 Å². The van der Waals surface area contributed by atoms with Crippen LogP contribution in [0.1, 0.15) is 39.3 Å². The van der Waals surface area contributed by atoms with Crippen molar-refractivity contribution in [3.63, 3.8) is 0 Å². The lowest BCUT2D eigenvalue weighted by Gasteiger charge is -2.40. The zero-order chi connectivity index (χ0) is 13.9. The van der Waals surface area contributed by atoms with E-state index in [1.54, 1.807) is 0 Å². The van der Waals surface area contributed by atoms with Crippen LogP contribution in [0.2, 0.25) is 0 Å². The first kappa shape index (κ1) is 14.5. The minimum absolute atomic E-state index is 0.287. The van der Waals surface area contributed by atoms with E-state index < -0.39 is 11.6 Å². The minimum Gasteiger partial charge on any atom is -0.465 e. The average molecular weight is 250 g/mol. The Morgan fingerprint density at radius 2 is 1.78 bits per heavy atom. The number of rotatable bonds is 3. The molecule has 0 aliphatic rings. The van der Waals surface area contributed by atoms with Gasteiger partial charge in [-0.2, -0.15) is 0 Å². The second-order valence-electron chi connectivity index (χ2n) is 5.50. The van der Waals surface area contributed by atoms with Crippen molar-refractivity contribution in [2.45, 2.75) is 45.3 Å². The van der Waals surface area contributed by atoms with Gasteiger partial charge in [-0.3, -0.25) is 4.90 Å². The van der Waals surface area contributed by atoms with Crippen molar-refractivity contribution in [1.29, 1.82) is 0 Å². The summed E-state index contributed by atoms with van der Waals surface area (Å²) >= 11 is 0. The van der Waals surface area contributed by atoms with Gasteiger partial charge in [-0.15, -0.1) is 0 Å². The molecule has 0 saturated heterocycles. The molecule has 1 rings (SSSR count). The first-order valence-electron chi connectivity index (χ1n) is 6.08. The Morgan fingerprint density at radius 1 is 1.28 bits per heavy atom. The Hall–Kier alpha value is -1.55. The number of hydrogen-bond acceptors (Lipinski definition) is 2. The summed E-state index contributed by atoms with van der Waals surface area (Å²) in [5.74, 6) is 0. The van der Waals surface area contributed by atoms with Gasteiger partial charge in [0.2, 0.25) is 0 Å². The summed E-state index contributed by atoms with van der Waals surface area (Å²) in [6.07, 6.45) is -0.943. The molecule has 0 aliphatic heterocycles. The van der Waals surface area contributed by atoms with E-state index in [0.717, 1.165) is 5.56 Å². The molecule has 3 N–H and O–H groups in total. The summed E-state index contributed by atoms with van der Waals surface area (Å²) in [5, 5.41) is 9.35. The lowest BCUT2D eigenvalue weighted by Crippen LogP contribution is -2.53. The van der Waals surface area contributed by atoms with Gasteiger partial charge >= 0.3 is 6.09 Å². The van der Waals surface area contributed by atoms with Crippen LogP contribution in [0.5, 0.6) is 0 Å². The van der Waals surface area contributed by atoms with Crippen molar-refractivity contribution in [2.24, 2.45) is 5.73 Å². The van der Waals surface area contributed by atoms with E-state index in [-0.39, 0.29) is 12.1 Å². The van der Waals surface area contributed by atoms with Gasteiger partial charge in [0.15, 0.2) is 0 Å². The van der Waals surface area contributed by atoms with Crippen LogP contribution in [0, 0.1) is 0 Å². The molecule has 1 unspecified atom stereocenters. The van der Waals surface area contributed by atoms with Crippen LogP contribution in [0.3, 0.4) is 0 Å². The molecule has 0 spiro atoms. The number of carbonyl (C=O) groups is 1. The third-order valence-corrected chi connectivity index (χ3v) is 3.04. The molecule has 18 heavy (non-hydrogen) atoms. The van der Waals surface area contributed by atoms with E-state index >= 15 is 0 Å². The topological polar surface area (TPSA) is 66.6 Å². The van der Waals surface area contributed by atoms with Gasteiger partial charge in [0.05, 0.1) is 12.1 Å². The molecule has 0 aromatic heterocycles. The summed E-state index contributed by atoms with van der Waals surface area (Å²) in [6, 6.07) is 8.95. The molecule has 2 atom stereocenters. The van der Waals surface area contributed by atoms with Crippen LogP contribution in [0.25, 0.3) is 0 Å². The Kier molecular flexibility index (Phi) is 4.35. The number of amides is 1. The van der Waals surface area contributed by atoms with E-state index in [4.69, 9.17) is 5.73 Å². The Bertz CT molecular complexity index is 398. The highest BCUT2D eigenvalue weighted by molar-refractivity contribution is 5.66. The van der Waals surface area contributed by atoms with Gasteiger partial charge in [0.1, 0.15) is 0 Å². The maximum atomic E-state index is 11.4. The fourth-order valence-corrected chi connectivity index (χ4v) is 2.19. The van der Waals surface area contributed by atoms with Crippen LogP contribution in [-0.2, 0) is 0 Å². The van der Waals surface area contributed by atoms with Gasteiger partial charge < -0.3 is 10.8 Å². The second kappa shape index (κ2) is 5.40. The molecule has 0 fully saturated rings. The quantitative estimate of drug-likeness (QED) is 0.866. The summed E-state index contributed by atoms with van der Waals surface area (Å²) in [4.78, 5) is 12.8. The lowest BCUT2D eigenvalue weighted by atomic mass is 9.96. The van der Waals surface area contributed by atoms with Crippen LogP contribution in [0.15, 0.2) is 30.3 Å². The monoisotopic (exact) mass is 250 g/mol. The van der Waals surface area contributed by atoms with Crippen molar-refractivity contribution in [1.82, 2.24) is 4.90 Å². The Morgan fingerprint density at radius 3 is 2.17 bits per heavy atom. The smallest absolute Gasteiger partial charge is 0.408 e. The molecule has 0 saturated carbocycles. The van der Waals surface area contributed by atoms with Gasteiger partial charge in [-0.05, 0) is 33.3 Å². The van der Waals surface area contributed by atoms with E-state index in [1.807, 2.05) is 58.0 Å². The van der Waals surface area contributed by atoms with Crippen molar-refractivity contribution < 1.29 is 9.90 Å². The highest BCUT2D eigenvalue weighted by atomic mass is 16.4. The fourth-order valence-electron chi connectivity index (χ4n) is 2.19. The molecular formula is C14H22N2O2. The first-order chi connectivity index (χ1) is 8.25. The number of nitrogens with two attached hydrogens (primary N) is 1. The Balaban J connectivity index is 2.98. The van der Waals surface area contributed by atoms with Crippen molar-refractivity contribution >= 4 is 6.09 Å².